The lowest BCUT2D eigenvalue weighted by Crippen LogP contribution is -2.17. The topological polar surface area (TPSA) is 27.7 Å². The minimum Gasteiger partial charge on any atom is -0.379 e. The molecule has 0 aliphatic carbocycles. The van der Waals surface area contributed by atoms with E-state index in [0.29, 0.717) is 13.2 Å². The summed E-state index contributed by atoms with van der Waals surface area (Å²) in [5.41, 5.74) is 0. The van der Waals surface area contributed by atoms with Crippen molar-refractivity contribution in [3.05, 3.63) is 0 Å². The molecule has 0 rings (SSSR count). The Kier molecular flexibility index (Phi) is 7.89. The van der Waals surface area contributed by atoms with Crippen molar-refractivity contribution in [1.29, 1.82) is 0 Å². The Hall–Kier alpha value is -0.120. The molecule has 11 heavy (non-hydrogen) atoms. The van der Waals surface area contributed by atoms with Gasteiger partial charge in [-0.3, -0.25) is 0 Å². The molecule has 68 valence electrons. The second-order valence-electron chi connectivity index (χ2n) is 2.14. The normalized spacial score (nSPS) is 13.4. The van der Waals surface area contributed by atoms with Gasteiger partial charge in [0, 0.05) is 13.7 Å². The van der Waals surface area contributed by atoms with E-state index >= 15 is 0 Å². The zero-order valence-corrected chi connectivity index (χ0v) is 7.63. The van der Waals surface area contributed by atoms with Gasteiger partial charge >= 0.3 is 0 Å². The highest BCUT2D eigenvalue weighted by Crippen LogP contribution is 1.97. The standard InChI is InChI=1S/C8H18O3/c1-4-8(9-3)11-7-6-10-5-2/h8H,4-7H2,1-3H3. The Bertz CT molecular complexity index is 71.7. The molecular formula is C8H18O3. The van der Waals surface area contributed by atoms with Gasteiger partial charge in [0.1, 0.15) is 0 Å². The van der Waals surface area contributed by atoms with Crippen LogP contribution >= 0.6 is 0 Å². The quantitative estimate of drug-likeness (QED) is 0.418. The largest absolute Gasteiger partial charge is 0.379 e. The average Bonchev–Trinajstić information content (AvgIpc) is 2.05. The Morgan fingerprint density at radius 3 is 2.36 bits per heavy atom. The van der Waals surface area contributed by atoms with Crippen LogP contribution in [0.3, 0.4) is 0 Å². The van der Waals surface area contributed by atoms with Crippen molar-refractivity contribution in [2.45, 2.75) is 26.6 Å². The van der Waals surface area contributed by atoms with Crippen LogP contribution in [-0.4, -0.2) is 33.2 Å². The molecule has 0 saturated heterocycles. The Morgan fingerprint density at radius 2 is 1.91 bits per heavy atom. The van der Waals surface area contributed by atoms with Gasteiger partial charge in [-0.15, -0.1) is 0 Å². The highest BCUT2D eigenvalue weighted by molar-refractivity contribution is 4.37. The molecule has 0 aliphatic rings. The molecule has 0 N–H and O–H groups in total. The second-order valence-corrected chi connectivity index (χ2v) is 2.14. The number of methoxy groups -OCH3 is 1. The fourth-order valence-electron chi connectivity index (χ4n) is 0.735. The van der Waals surface area contributed by atoms with Crippen molar-refractivity contribution < 1.29 is 14.2 Å². The lowest BCUT2D eigenvalue weighted by Gasteiger charge is -2.13. The Balaban J connectivity index is 3.07. The maximum atomic E-state index is 5.30. The van der Waals surface area contributed by atoms with Gasteiger partial charge < -0.3 is 14.2 Å². The summed E-state index contributed by atoms with van der Waals surface area (Å²) < 4.78 is 15.4. The van der Waals surface area contributed by atoms with Gasteiger partial charge in [0.2, 0.25) is 0 Å². The third kappa shape index (κ3) is 6.28. The van der Waals surface area contributed by atoms with E-state index in [1.165, 1.54) is 0 Å². The summed E-state index contributed by atoms with van der Waals surface area (Å²) in [5.74, 6) is 0. The molecule has 1 atom stereocenters. The number of ether oxygens (including phenoxy) is 3. The molecule has 0 aliphatic heterocycles. The minimum atomic E-state index is -0.0737. The smallest absolute Gasteiger partial charge is 0.157 e. The SMILES string of the molecule is CCOCCOC(CC)OC. The molecule has 0 spiro atoms. The second kappa shape index (κ2) is 7.98. The summed E-state index contributed by atoms with van der Waals surface area (Å²) in [7, 11) is 1.65. The molecule has 0 saturated carbocycles. The monoisotopic (exact) mass is 162 g/mol. The van der Waals surface area contributed by atoms with E-state index in [2.05, 4.69) is 0 Å². The molecule has 0 aromatic rings. The highest BCUT2D eigenvalue weighted by Gasteiger charge is 2.01. The van der Waals surface area contributed by atoms with E-state index in [1.54, 1.807) is 7.11 Å². The van der Waals surface area contributed by atoms with E-state index < -0.39 is 0 Å². The summed E-state index contributed by atoms with van der Waals surface area (Å²) in [6.45, 7) is 5.99. The first-order valence-electron chi connectivity index (χ1n) is 4.07. The van der Waals surface area contributed by atoms with Crippen LogP contribution in [0.4, 0.5) is 0 Å². The third-order valence-corrected chi connectivity index (χ3v) is 1.33. The van der Waals surface area contributed by atoms with Gasteiger partial charge in [-0.1, -0.05) is 6.92 Å². The van der Waals surface area contributed by atoms with Gasteiger partial charge in [0.25, 0.3) is 0 Å². The maximum absolute atomic E-state index is 5.30. The first-order valence-corrected chi connectivity index (χ1v) is 4.07. The fraction of sp³-hybridized carbons (Fsp3) is 1.00. The lowest BCUT2D eigenvalue weighted by molar-refractivity contribution is -0.134. The molecule has 0 amide bonds. The molecule has 3 heteroatoms. The van der Waals surface area contributed by atoms with Gasteiger partial charge in [0.15, 0.2) is 6.29 Å². The molecule has 3 nitrogen and oxygen atoms in total. The fourth-order valence-corrected chi connectivity index (χ4v) is 0.735. The van der Waals surface area contributed by atoms with Crippen LogP contribution in [0.1, 0.15) is 20.3 Å². The summed E-state index contributed by atoms with van der Waals surface area (Å²) >= 11 is 0. The van der Waals surface area contributed by atoms with E-state index in [9.17, 15) is 0 Å². The molecule has 0 radical (unpaired) electrons. The molecule has 0 heterocycles. The van der Waals surface area contributed by atoms with Gasteiger partial charge in [-0.25, -0.2) is 0 Å². The van der Waals surface area contributed by atoms with Gasteiger partial charge in [0.05, 0.1) is 13.2 Å². The number of hydrogen-bond acceptors (Lipinski definition) is 3. The van der Waals surface area contributed by atoms with Crippen LogP contribution in [0, 0.1) is 0 Å². The van der Waals surface area contributed by atoms with Crippen LogP contribution in [0.15, 0.2) is 0 Å². The van der Waals surface area contributed by atoms with Crippen molar-refractivity contribution in [2.24, 2.45) is 0 Å². The van der Waals surface area contributed by atoms with Crippen LogP contribution in [0.2, 0.25) is 0 Å². The lowest BCUT2D eigenvalue weighted by atomic mass is 10.5. The average molecular weight is 162 g/mol. The van der Waals surface area contributed by atoms with E-state index in [1.807, 2.05) is 13.8 Å². The molecule has 0 aromatic carbocycles. The molecule has 0 fully saturated rings. The third-order valence-electron chi connectivity index (χ3n) is 1.33. The Morgan fingerprint density at radius 1 is 1.18 bits per heavy atom. The van der Waals surface area contributed by atoms with Gasteiger partial charge in [-0.05, 0) is 13.3 Å². The summed E-state index contributed by atoms with van der Waals surface area (Å²) in [6.07, 6.45) is 0.804. The Labute approximate surface area is 68.6 Å². The van der Waals surface area contributed by atoms with E-state index in [0.717, 1.165) is 13.0 Å². The van der Waals surface area contributed by atoms with Crippen LogP contribution in [0.25, 0.3) is 0 Å². The molecular weight excluding hydrogens is 144 g/mol. The van der Waals surface area contributed by atoms with Crippen molar-refractivity contribution in [1.82, 2.24) is 0 Å². The van der Waals surface area contributed by atoms with E-state index in [-0.39, 0.29) is 6.29 Å². The molecule has 1 unspecified atom stereocenters. The summed E-state index contributed by atoms with van der Waals surface area (Å²) in [6, 6.07) is 0. The first-order chi connectivity index (χ1) is 5.35. The summed E-state index contributed by atoms with van der Waals surface area (Å²) in [4.78, 5) is 0. The van der Waals surface area contributed by atoms with Crippen molar-refractivity contribution in [3.63, 3.8) is 0 Å². The zero-order valence-electron chi connectivity index (χ0n) is 7.63. The van der Waals surface area contributed by atoms with Crippen molar-refractivity contribution >= 4 is 0 Å². The van der Waals surface area contributed by atoms with Gasteiger partial charge in [-0.2, -0.15) is 0 Å². The number of rotatable bonds is 7. The van der Waals surface area contributed by atoms with E-state index in [4.69, 9.17) is 14.2 Å². The molecule has 0 aromatic heterocycles. The predicted octanol–water partition coefficient (Wildman–Crippen LogP) is 1.42. The zero-order chi connectivity index (χ0) is 8.53. The van der Waals surface area contributed by atoms with Crippen LogP contribution in [-0.2, 0) is 14.2 Å². The minimum absolute atomic E-state index is 0.0737. The predicted molar refractivity (Wildman–Crippen MR) is 43.5 cm³/mol. The highest BCUT2D eigenvalue weighted by atomic mass is 16.7. The molecule has 0 bridgehead atoms. The summed E-state index contributed by atoms with van der Waals surface area (Å²) in [5, 5.41) is 0. The number of hydrogen-bond donors (Lipinski definition) is 0. The van der Waals surface area contributed by atoms with Crippen molar-refractivity contribution in [2.75, 3.05) is 26.9 Å². The first kappa shape index (κ1) is 10.9. The van der Waals surface area contributed by atoms with Crippen molar-refractivity contribution in [3.8, 4) is 0 Å². The van der Waals surface area contributed by atoms with Crippen LogP contribution in [0.5, 0.6) is 0 Å². The van der Waals surface area contributed by atoms with Crippen LogP contribution < -0.4 is 0 Å². The maximum Gasteiger partial charge on any atom is 0.157 e.